The summed E-state index contributed by atoms with van der Waals surface area (Å²) in [6, 6.07) is 15.4. The fourth-order valence-corrected chi connectivity index (χ4v) is 5.29. The predicted molar refractivity (Wildman–Crippen MR) is 126 cm³/mol. The van der Waals surface area contributed by atoms with Gasteiger partial charge in [0.2, 0.25) is 0 Å². The molecule has 0 saturated carbocycles. The molecule has 0 spiro atoms. The van der Waals surface area contributed by atoms with Crippen LogP contribution < -0.4 is 15.6 Å². The zero-order valence-corrected chi connectivity index (χ0v) is 18.7. The smallest absolute Gasteiger partial charge is 0.259 e. The van der Waals surface area contributed by atoms with E-state index in [9.17, 15) is 9.59 Å². The summed E-state index contributed by atoms with van der Waals surface area (Å²) in [5, 5.41) is 3.34. The number of carbonyl (C=O) groups is 1. The number of hydrogen-bond donors (Lipinski definition) is 1. The lowest BCUT2D eigenvalue weighted by molar-refractivity contribution is 0.102. The molecular weight excluding hydrogens is 446 g/mol. The minimum Gasteiger partial charge on any atom is -0.487 e. The molecule has 2 aromatic carbocycles. The summed E-state index contributed by atoms with van der Waals surface area (Å²) in [7, 11) is 0. The quantitative estimate of drug-likeness (QED) is 0.444. The first-order valence-electron chi connectivity index (χ1n) is 10.4. The number of hydrogen-bond acceptors (Lipinski definition) is 5. The van der Waals surface area contributed by atoms with Gasteiger partial charge in [0.15, 0.2) is 4.96 Å². The monoisotopic (exact) mass is 465 g/mol. The van der Waals surface area contributed by atoms with Gasteiger partial charge < -0.3 is 10.1 Å². The number of aryl methyl sites for hydroxylation is 2. The van der Waals surface area contributed by atoms with E-state index in [1.54, 1.807) is 70.3 Å². The Kier molecular flexibility index (Phi) is 5.68. The second-order valence-corrected chi connectivity index (χ2v) is 9.16. The first-order valence-corrected chi connectivity index (χ1v) is 11.6. The molecule has 2 aromatic heterocycles. The minimum atomic E-state index is -0.258. The fraction of sp³-hybridized carbons (Fsp3) is 0.208. The molecule has 0 radical (unpaired) electrons. The van der Waals surface area contributed by atoms with Crippen LogP contribution in [0.1, 0.15) is 39.5 Å². The maximum absolute atomic E-state index is 12.7. The van der Waals surface area contributed by atoms with Gasteiger partial charge in [-0.3, -0.25) is 14.0 Å². The molecule has 8 heteroatoms. The largest absolute Gasteiger partial charge is 0.487 e. The number of fused-ring (bicyclic) bond motifs is 3. The normalized spacial score (nSPS) is 13.0. The molecule has 5 rings (SSSR count). The van der Waals surface area contributed by atoms with Crippen molar-refractivity contribution >= 4 is 39.5 Å². The molecule has 0 aliphatic heterocycles. The standard InChI is InChI=1S/C24H20ClN3O3S/c25-16-6-3-5-15(11-16)23(30)26-17-7-4-8-19(12-17)31-14-18-13-22(29)28-20-9-1-2-10-21(20)32-24(28)27-18/h3-8,11-13H,1-2,9-10,14H2,(H,26,30). The van der Waals surface area contributed by atoms with Crippen LogP contribution in [0.5, 0.6) is 5.75 Å². The van der Waals surface area contributed by atoms with E-state index in [1.807, 2.05) is 0 Å². The molecule has 4 aromatic rings. The maximum Gasteiger partial charge on any atom is 0.259 e. The molecule has 2 heterocycles. The number of nitrogens with zero attached hydrogens (tertiary/aromatic N) is 2. The van der Waals surface area contributed by atoms with E-state index in [4.69, 9.17) is 16.3 Å². The van der Waals surface area contributed by atoms with Gasteiger partial charge in [-0.1, -0.05) is 23.7 Å². The van der Waals surface area contributed by atoms with E-state index >= 15 is 0 Å². The molecule has 0 saturated heterocycles. The third-order valence-corrected chi connectivity index (χ3v) is 6.76. The van der Waals surface area contributed by atoms with E-state index in [0.29, 0.717) is 27.7 Å². The second-order valence-electron chi connectivity index (χ2n) is 7.66. The van der Waals surface area contributed by atoms with Gasteiger partial charge in [0, 0.05) is 39.0 Å². The zero-order chi connectivity index (χ0) is 22.1. The summed E-state index contributed by atoms with van der Waals surface area (Å²) >= 11 is 7.56. The Bertz CT molecular complexity index is 1380. The summed E-state index contributed by atoms with van der Waals surface area (Å²) in [5.41, 5.74) is 2.71. The van der Waals surface area contributed by atoms with Crippen LogP contribution in [0.15, 0.2) is 59.4 Å². The molecule has 162 valence electrons. The van der Waals surface area contributed by atoms with Crippen LogP contribution in [-0.2, 0) is 19.4 Å². The molecule has 0 unspecified atom stereocenters. The van der Waals surface area contributed by atoms with Crippen molar-refractivity contribution in [3.05, 3.63) is 91.8 Å². The summed E-state index contributed by atoms with van der Waals surface area (Å²) in [4.78, 5) is 31.8. The average molecular weight is 466 g/mol. The number of thiazole rings is 1. The van der Waals surface area contributed by atoms with Gasteiger partial charge in [-0.15, -0.1) is 11.3 Å². The van der Waals surface area contributed by atoms with E-state index in [1.165, 1.54) is 4.88 Å². The highest BCUT2D eigenvalue weighted by Crippen LogP contribution is 2.28. The Morgan fingerprint density at radius 2 is 1.97 bits per heavy atom. The fourth-order valence-electron chi connectivity index (χ4n) is 3.87. The van der Waals surface area contributed by atoms with Crippen molar-refractivity contribution in [1.82, 2.24) is 9.38 Å². The lowest BCUT2D eigenvalue weighted by atomic mass is 10.0. The lowest BCUT2D eigenvalue weighted by Gasteiger charge is -2.10. The van der Waals surface area contributed by atoms with Crippen LogP contribution >= 0.6 is 22.9 Å². The van der Waals surface area contributed by atoms with E-state index in [2.05, 4.69) is 10.3 Å². The topological polar surface area (TPSA) is 72.7 Å². The van der Waals surface area contributed by atoms with Gasteiger partial charge in [0.25, 0.3) is 11.5 Å². The number of aromatic nitrogens is 2. The Morgan fingerprint density at radius 1 is 1.12 bits per heavy atom. The van der Waals surface area contributed by atoms with Crippen molar-refractivity contribution in [2.24, 2.45) is 0 Å². The van der Waals surface area contributed by atoms with Gasteiger partial charge in [0.1, 0.15) is 12.4 Å². The lowest BCUT2D eigenvalue weighted by Crippen LogP contribution is -2.18. The molecule has 0 fully saturated rings. The van der Waals surface area contributed by atoms with Crippen molar-refractivity contribution in [2.45, 2.75) is 32.3 Å². The van der Waals surface area contributed by atoms with Crippen molar-refractivity contribution in [2.75, 3.05) is 5.32 Å². The summed E-state index contributed by atoms with van der Waals surface area (Å²) in [5.74, 6) is 0.313. The van der Waals surface area contributed by atoms with Gasteiger partial charge >= 0.3 is 0 Å². The number of anilines is 1. The van der Waals surface area contributed by atoms with E-state index < -0.39 is 0 Å². The Morgan fingerprint density at radius 3 is 2.84 bits per heavy atom. The van der Waals surface area contributed by atoms with Crippen LogP contribution in [0.4, 0.5) is 5.69 Å². The molecule has 1 N–H and O–H groups in total. The van der Waals surface area contributed by atoms with Crippen molar-refractivity contribution in [1.29, 1.82) is 0 Å². The highest BCUT2D eigenvalue weighted by Gasteiger charge is 2.18. The minimum absolute atomic E-state index is 0.0597. The van der Waals surface area contributed by atoms with Gasteiger partial charge in [-0.25, -0.2) is 4.98 Å². The van der Waals surface area contributed by atoms with Gasteiger partial charge in [-0.2, -0.15) is 0 Å². The number of ether oxygens (including phenoxy) is 1. The first-order chi connectivity index (χ1) is 15.6. The zero-order valence-electron chi connectivity index (χ0n) is 17.1. The molecule has 32 heavy (non-hydrogen) atoms. The average Bonchev–Trinajstić information content (AvgIpc) is 3.17. The number of halogens is 1. The Hall–Kier alpha value is -3.16. The molecular formula is C24H20ClN3O3S. The van der Waals surface area contributed by atoms with Crippen molar-refractivity contribution < 1.29 is 9.53 Å². The number of amides is 1. The summed E-state index contributed by atoms with van der Waals surface area (Å²) in [6.45, 7) is 0.167. The summed E-state index contributed by atoms with van der Waals surface area (Å²) < 4.78 is 7.61. The Balaban J connectivity index is 1.30. The highest BCUT2D eigenvalue weighted by atomic mass is 35.5. The maximum atomic E-state index is 12.7. The van der Waals surface area contributed by atoms with Crippen LogP contribution in [0.3, 0.4) is 0 Å². The Labute approximate surface area is 193 Å². The first kappa shape index (κ1) is 20.7. The van der Waals surface area contributed by atoms with E-state index in [0.717, 1.165) is 36.3 Å². The number of rotatable bonds is 5. The van der Waals surface area contributed by atoms with Crippen molar-refractivity contribution in [3.63, 3.8) is 0 Å². The summed E-state index contributed by atoms with van der Waals surface area (Å²) in [6.07, 6.45) is 4.22. The molecule has 1 aliphatic carbocycles. The molecule has 0 atom stereocenters. The third-order valence-electron chi connectivity index (χ3n) is 5.38. The molecule has 1 amide bonds. The third kappa shape index (κ3) is 4.26. The van der Waals surface area contributed by atoms with Crippen molar-refractivity contribution in [3.8, 4) is 5.75 Å². The highest BCUT2D eigenvalue weighted by molar-refractivity contribution is 7.17. The number of benzene rings is 2. The van der Waals surface area contributed by atoms with E-state index in [-0.39, 0.29) is 18.1 Å². The molecule has 6 nitrogen and oxygen atoms in total. The van der Waals surface area contributed by atoms with Crippen LogP contribution in [0.2, 0.25) is 5.02 Å². The predicted octanol–water partition coefficient (Wildman–Crippen LogP) is 5.12. The van der Waals surface area contributed by atoms with Gasteiger partial charge in [0.05, 0.1) is 5.69 Å². The number of carbonyl (C=O) groups excluding carboxylic acids is 1. The van der Waals surface area contributed by atoms with Crippen LogP contribution in [0.25, 0.3) is 4.96 Å². The van der Waals surface area contributed by atoms with Crippen LogP contribution in [-0.4, -0.2) is 15.3 Å². The van der Waals surface area contributed by atoms with Gasteiger partial charge in [-0.05, 0) is 56.0 Å². The molecule has 0 bridgehead atoms. The SMILES string of the molecule is O=C(Nc1cccc(OCc2cc(=O)n3c4c(sc3n2)CCCC4)c1)c1cccc(Cl)c1. The number of nitrogens with one attached hydrogen (secondary N) is 1. The second kappa shape index (κ2) is 8.76. The molecule has 1 aliphatic rings. The van der Waals surface area contributed by atoms with Crippen LogP contribution in [0, 0.1) is 0 Å².